The van der Waals surface area contributed by atoms with Crippen molar-refractivity contribution in [3.63, 3.8) is 0 Å². The first kappa shape index (κ1) is 19.0. The van der Waals surface area contributed by atoms with Crippen molar-refractivity contribution in [2.75, 3.05) is 13.2 Å². The Labute approximate surface area is 134 Å². The first-order chi connectivity index (χ1) is 10.8. The Morgan fingerprint density at radius 3 is 1.96 bits per heavy atom. The Morgan fingerprint density at radius 1 is 0.783 bits per heavy atom. The van der Waals surface area contributed by atoms with Gasteiger partial charge in [-0.05, 0) is 6.92 Å². The van der Waals surface area contributed by atoms with Crippen molar-refractivity contribution < 1.29 is 44.8 Å². The van der Waals surface area contributed by atoms with Crippen molar-refractivity contribution in [1.82, 2.24) is 0 Å². The number of rotatable bonds is 4. The molecule has 0 aliphatic carbocycles. The highest BCUT2D eigenvalue weighted by Gasteiger charge is 2.48. The lowest BCUT2D eigenvalue weighted by Gasteiger charge is -2.46. The summed E-state index contributed by atoms with van der Waals surface area (Å²) in [7, 11) is 0. The van der Waals surface area contributed by atoms with Gasteiger partial charge in [-0.15, -0.1) is 0 Å². The molecule has 2 rings (SSSR count). The molecule has 0 radical (unpaired) electrons. The van der Waals surface area contributed by atoms with Crippen LogP contribution in [0.4, 0.5) is 0 Å². The van der Waals surface area contributed by atoms with E-state index in [1.807, 2.05) is 0 Å². The van der Waals surface area contributed by atoms with E-state index in [9.17, 15) is 25.5 Å². The summed E-state index contributed by atoms with van der Waals surface area (Å²) >= 11 is 0. The Balaban J connectivity index is 2.11. The Bertz CT molecular complexity index is 377. The summed E-state index contributed by atoms with van der Waals surface area (Å²) in [4.78, 5) is 0. The van der Waals surface area contributed by atoms with Gasteiger partial charge in [0.15, 0.2) is 6.29 Å². The minimum Gasteiger partial charge on any atom is -0.394 e. The van der Waals surface area contributed by atoms with Gasteiger partial charge < -0.3 is 44.8 Å². The van der Waals surface area contributed by atoms with E-state index in [1.165, 1.54) is 0 Å². The predicted molar refractivity (Wildman–Crippen MR) is 75.2 cm³/mol. The van der Waals surface area contributed by atoms with Crippen LogP contribution >= 0.6 is 0 Å². The first-order valence-electron chi connectivity index (χ1n) is 7.72. The molecule has 2 fully saturated rings. The second-order valence-electron chi connectivity index (χ2n) is 6.21. The summed E-state index contributed by atoms with van der Waals surface area (Å²) in [6.07, 6.45) is -10.2. The third-order valence-electron chi connectivity index (χ3n) is 4.69. The third-order valence-corrected chi connectivity index (χ3v) is 4.69. The minimum atomic E-state index is -1.58. The van der Waals surface area contributed by atoms with Crippen LogP contribution in [0.25, 0.3) is 0 Å². The molecule has 9 heteroatoms. The van der Waals surface area contributed by atoms with E-state index in [2.05, 4.69) is 0 Å². The lowest BCUT2D eigenvalue weighted by Crippen LogP contribution is -2.63. The molecule has 0 amide bonds. The van der Waals surface area contributed by atoms with Crippen LogP contribution in [0.15, 0.2) is 0 Å². The fourth-order valence-electron chi connectivity index (χ4n) is 2.92. The molecule has 0 bridgehead atoms. The van der Waals surface area contributed by atoms with Gasteiger partial charge in [-0.2, -0.15) is 0 Å². The van der Waals surface area contributed by atoms with Gasteiger partial charge in [0.1, 0.15) is 36.6 Å². The fraction of sp³-hybridized carbons (Fsp3) is 1.00. The average molecular weight is 338 g/mol. The normalized spacial score (nSPS) is 51.7. The van der Waals surface area contributed by atoms with Crippen LogP contribution in [0.1, 0.15) is 13.8 Å². The summed E-state index contributed by atoms with van der Waals surface area (Å²) in [6.45, 7) is 2.54. The molecule has 0 aromatic rings. The molecule has 23 heavy (non-hydrogen) atoms. The highest BCUT2D eigenvalue weighted by molar-refractivity contribution is 4.93. The van der Waals surface area contributed by atoms with Gasteiger partial charge in [0.2, 0.25) is 0 Å². The molecular weight excluding hydrogens is 312 g/mol. The highest BCUT2D eigenvalue weighted by atomic mass is 16.7. The van der Waals surface area contributed by atoms with E-state index >= 15 is 0 Å². The van der Waals surface area contributed by atoms with E-state index in [-0.39, 0.29) is 12.0 Å². The van der Waals surface area contributed by atoms with Gasteiger partial charge in [-0.3, -0.25) is 0 Å². The molecular formula is C14H26O9. The van der Waals surface area contributed by atoms with Crippen molar-refractivity contribution in [1.29, 1.82) is 0 Å². The van der Waals surface area contributed by atoms with Crippen LogP contribution < -0.4 is 0 Å². The number of aliphatic hydroxyl groups excluding tert-OH is 6. The summed E-state index contributed by atoms with van der Waals surface area (Å²) in [6, 6.07) is 0. The Hall–Kier alpha value is -0.360. The lowest BCUT2D eigenvalue weighted by atomic mass is 9.88. The van der Waals surface area contributed by atoms with Gasteiger partial charge in [-0.1, -0.05) is 6.92 Å². The van der Waals surface area contributed by atoms with Crippen molar-refractivity contribution in [2.24, 2.45) is 5.92 Å². The van der Waals surface area contributed by atoms with E-state index < -0.39 is 62.2 Å². The van der Waals surface area contributed by atoms with Crippen LogP contribution in [-0.4, -0.2) is 99.0 Å². The summed E-state index contributed by atoms with van der Waals surface area (Å²) in [5.74, 6) is -0.285. The maximum Gasteiger partial charge on any atom is 0.187 e. The molecule has 0 saturated carbocycles. The average Bonchev–Trinajstić information content (AvgIpc) is 2.55. The van der Waals surface area contributed by atoms with Crippen molar-refractivity contribution in [2.45, 2.75) is 69.0 Å². The molecule has 2 saturated heterocycles. The van der Waals surface area contributed by atoms with Crippen molar-refractivity contribution in [3.05, 3.63) is 0 Å². The van der Waals surface area contributed by atoms with Crippen LogP contribution in [0.2, 0.25) is 0 Å². The quantitative estimate of drug-likeness (QED) is 0.314. The third kappa shape index (κ3) is 3.68. The molecule has 0 spiro atoms. The minimum absolute atomic E-state index is 0.285. The molecule has 0 aromatic carbocycles. The maximum atomic E-state index is 10.4. The monoisotopic (exact) mass is 338 g/mol. The molecule has 136 valence electrons. The summed E-state index contributed by atoms with van der Waals surface area (Å²) in [5, 5.41) is 58.4. The molecule has 10 atom stereocenters. The molecule has 2 aliphatic heterocycles. The summed E-state index contributed by atoms with van der Waals surface area (Å²) < 4.78 is 16.4. The molecule has 4 unspecified atom stereocenters. The smallest absolute Gasteiger partial charge is 0.187 e. The van der Waals surface area contributed by atoms with Crippen molar-refractivity contribution >= 4 is 0 Å². The van der Waals surface area contributed by atoms with Gasteiger partial charge in [0.05, 0.1) is 25.4 Å². The zero-order valence-electron chi connectivity index (χ0n) is 13.1. The number of ether oxygens (including phenoxy) is 3. The molecule has 0 aromatic heterocycles. The van der Waals surface area contributed by atoms with Crippen molar-refractivity contribution in [3.8, 4) is 0 Å². The molecule has 6 N–H and O–H groups in total. The molecule has 9 nitrogen and oxygen atoms in total. The van der Waals surface area contributed by atoms with Gasteiger partial charge in [0, 0.05) is 5.92 Å². The predicted octanol–water partition coefficient (Wildman–Crippen LogP) is -3.05. The topological polar surface area (TPSA) is 149 Å². The number of aliphatic hydroxyl groups is 6. The second kappa shape index (κ2) is 7.68. The van der Waals surface area contributed by atoms with Crippen LogP contribution in [-0.2, 0) is 14.2 Å². The van der Waals surface area contributed by atoms with Gasteiger partial charge in [-0.25, -0.2) is 0 Å². The molecule has 2 heterocycles. The first-order valence-corrected chi connectivity index (χ1v) is 7.72. The van der Waals surface area contributed by atoms with Crippen LogP contribution in [0.3, 0.4) is 0 Å². The number of hydrogen-bond donors (Lipinski definition) is 6. The van der Waals surface area contributed by atoms with E-state index in [1.54, 1.807) is 13.8 Å². The van der Waals surface area contributed by atoms with Crippen LogP contribution in [0.5, 0.6) is 0 Å². The standard InChI is InChI=1S/C14H26O9/c1-5-6(2)21-8(4-16)13(9(5)17)23-14-12(20)11(19)10(18)7(3-15)22-14/h5-20H,3-4H2,1-2H3/t5?,6-,7?,8?,9+,10-,11-,12?,13-,14-/m0/s1. The van der Waals surface area contributed by atoms with Gasteiger partial charge >= 0.3 is 0 Å². The lowest BCUT2D eigenvalue weighted by molar-refractivity contribution is -0.337. The van der Waals surface area contributed by atoms with E-state index in [4.69, 9.17) is 19.3 Å². The second-order valence-corrected chi connectivity index (χ2v) is 6.21. The summed E-state index contributed by atoms with van der Waals surface area (Å²) in [5.41, 5.74) is 0. The number of hydrogen-bond acceptors (Lipinski definition) is 9. The maximum absolute atomic E-state index is 10.4. The van der Waals surface area contributed by atoms with Gasteiger partial charge in [0.25, 0.3) is 0 Å². The highest BCUT2D eigenvalue weighted by Crippen LogP contribution is 2.31. The van der Waals surface area contributed by atoms with E-state index in [0.29, 0.717) is 0 Å². The SMILES string of the molecule is CC1[C@H](C)OC(CO)[C@H](O[C@@H]2OC(CO)[C@H](O)[C@H](O)C2O)[C@@H]1O. The van der Waals surface area contributed by atoms with E-state index in [0.717, 1.165) is 0 Å². The Morgan fingerprint density at radius 2 is 1.39 bits per heavy atom. The zero-order valence-corrected chi connectivity index (χ0v) is 13.1. The largest absolute Gasteiger partial charge is 0.394 e. The fourth-order valence-corrected chi connectivity index (χ4v) is 2.92. The molecule has 2 aliphatic rings. The van der Waals surface area contributed by atoms with Crippen LogP contribution in [0, 0.1) is 5.92 Å². The zero-order chi connectivity index (χ0) is 17.3. The Kier molecular flexibility index (Phi) is 6.34.